The molecule has 1 aliphatic carbocycles. The van der Waals surface area contributed by atoms with Crippen molar-refractivity contribution in [3.05, 3.63) is 71.8 Å². The lowest BCUT2D eigenvalue weighted by atomic mass is 9.71. The molecule has 0 radical (unpaired) electrons. The number of amides is 3. The van der Waals surface area contributed by atoms with Crippen molar-refractivity contribution in [2.24, 2.45) is 23.7 Å². The fourth-order valence-corrected chi connectivity index (χ4v) is 7.02. The second-order valence-corrected chi connectivity index (χ2v) is 14.9. The van der Waals surface area contributed by atoms with Gasteiger partial charge in [-0.05, 0) is 88.3 Å². The quantitative estimate of drug-likeness (QED) is 0.171. The Hall–Kier alpha value is -3.19. The molecule has 7 nitrogen and oxygen atoms in total. The summed E-state index contributed by atoms with van der Waals surface area (Å²) in [5.41, 5.74) is 1.79. The molecule has 0 spiro atoms. The Balaban J connectivity index is 1.77. The highest BCUT2D eigenvalue weighted by Crippen LogP contribution is 2.40. The molecule has 0 saturated heterocycles. The van der Waals surface area contributed by atoms with Crippen LogP contribution in [0.2, 0.25) is 0 Å². The molecule has 1 aliphatic rings. The molecule has 0 bridgehead atoms. The Bertz CT molecular complexity index is 1220. The third-order valence-corrected chi connectivity index (χ3v) is 9.77. The lowest BCUT2D eigenvalue weighted by Crippen LogP contribution is -2.52. The van der Waals surface area contributed by atoms with Crippen LogP contribution >= 0.6 is 0 Å². The predicted molar refractivity (Wildman–Crippen MR) is 191 cm³/mol. The van der Waals surface area contributed by atoms with E-state index in [4.69, 9.17) is 4.74 Å². The molecule has 5 atom stereocenters. The number of alkyl carbamates (subject to hydrolysis) is 1. The van der Waals surface area contributed by atoms with E-state index in [2.05, 4.69) is 59.3 Å². The standard InChI is InChI=1S/C40H61N3O4/c1-8-29(4)36(41-27-26-30-18-12-9-13-19-30)38(45)43-37(44)33(28(2)3)24-25-34(42-39(46)47-40(5,6)7)35(31-20-14-10-15-21-31)32-22-16-11-17-23-32/h9-10,12-15,18-21,28-29,32-36,41H,8,11,16-17,22-27H2,1-7H3,(H,42,46)(H,43,44,45)/t29-,33-,34-,35?,36-/m0/s1. The van der Waals surface area contributed by atoms with E-state index in [9.17, 15) is 14.4 Å². The van der Waals surface area contributed by atoms with Gasteiger partial charge in [0.1, 0.15) is 5.60 Å². The van der Waals surface area contributed by atoms with Crippen LogP contribution in [0.4, 0.5) is 4.79 Å². The van der Waals surface area contributed by atoms with Crippen molar-refractivity contribution in [2.75, 3.05) is 6.54 Å². The minimum absolute atomic E-state index is 0.0166. The Morgan fingerprint density at radius 1 is 0.851 bits per heavy atom. The zero-order valence-electron chi connectivity index (χ0n) is 30.0. The summed E-state index contributed by atoms with van der Waals surface area (Å²) in [4.78, 5) is 40.6. The smallest absolute Gasteiger partial charge is 0.407 e. The molecule has 3 rings (SSSR count). The highest BCUT2D eigenvalue weighted by molar-refractivity contribution is 5.98. The van der Waals surface area contributed by atoms with Gasteiger partial charge in [0.15, 0.2) is 0 Å². The van der Waals surface area contributed by atoms with Gasteiger partial charge in [0, 0.05) is 17.9 Å². The molecule has 1 saturated carbocycles. The summed E-state index contributed by atoms with van der Waals surface area (Å²) in [7, 11) is 0. The number of hydrogen-bond donors (Lipinski definition) is 3. The minimum atomic E-state index is -0.621. The second-order valence-electron chi connectivity index (χ2n) is 14.9. The van der Waals surface area contributed by atoms with Crippen LogP contribution in [0, 0.1) is 23.7 Å². The van der Waals surface area contributed by atoms with Crippen LogP contribution < -0.4 is 16.0 Å². The van der Waals surface area contributed by atoms with Gasteiger partial charge < -0.3 is 15.4 Å². The van der Waals surface area contributed by atoms with Gasteiger partial charge >= 0.3 is 6.09 Å². The zero-order valence-corrected chi connectivity index (χ0v) is 30.0. The van der Waals surface area contributed by atoms with E-state index in [1.54, 1.807) is 0 Å². The summed E-state index contributed by atoms with van der Waals surface area (Å²) >= 11 is 0. The van der Waals surface area contributed by atoms with Gasteiger partial charge in [0.05, 0.1) is 6.04 Å². The van der Waals surface area contributed by atoms with Crippen LogP contribution in [-0.2, 0) is 20.7 Å². The van der Waals surface area contributed by atoms with Gasteiger partial charge in [-0.3, -0.25) is 14.9 Å². The van der Waals surface area contributed by atoms with Crippen molar-refractivity contribution in [1.29, 1.82) is 0 Å². The summed E-state index contributed by atoms with van der Waals surface area (Å²) < 4.78 is 5.73. The molecule has 0 heterocycles. The van der Waals surface area contributed by atoms with E-state index in [0.29, 0.717) is 25.3 Å². The topological polar surface area (TPSA) is 96.5 Å². The van der Waals surface area contributed by atoms with Gasteiger partial charge in [-0.2, -0.15) is 0 Å². The molecule has 1 unspecified atom stereocenters. The van der Waals surface area contributed by atoms with E-state index >= 15 is 0 Å². The Labute approximate surface area is 284 Å². The highest BCUT2D eigenvalue weighted by atomic mass is 16.6. The number of carbonyl (C=O) groups is 3. The van der Waals surface area contributed by atoms with Crippen LogP contribution in [0.15, 0.2) is 60.7 Å². The van der Waals surface area contributed by atoms with E-state index in [0.717, 1.165) is 25.7 Å². The molecule has 2 aromatic carbocycles. The van der Waals surface area contributed by atoms with Gasteiger partial charge in [0.25, 0.3) is 0 Å². The first-order chi connectivity index (χ1) is 22.4. The van der Waals surface area contributed by atoms with Crippen molar-refractivity contribution in [2.45, 2.75) is 130 Å². The number of carbonyl (C=O) groups excluding carboxylic acids is 3. The minimum Gasteiger partial charge on any atom is -0.444 e. The predicted octanol–water partition coefficient (Wildman–Crippen LogP) is 8.19. The number of ether oxygens (including phenoxy) is 1. The van der Waals surface area contributed by atoms with Crippen LogP contribution in [0.25, 0.3) is 0 Å². The monoisotopic (exact) mass is 647 g/mol. The maximum Gasteiger partial charge on any atom is 0.407 e. The lowest BCUT2D eigenvalue weighted by Gasteiger charge is -2.38. The SMILES string of the molecule is CC[C@H](C)[C@H](NCCc1ccccc1)C(=O)NC(=O)[C@@H](CC[C@H](NC(=O)OC(C)(C)C)C(c1ccccc1)C1CCCCC1)C(C)C. The van der Waals surface area contributed by atoms with Crippen molar-refractivity contribution < 1.29 is 19.1 Å². The largest absolute Gasteiger partial charge is 0.444 e. The van der Waals surface area contributed by atoms with E-state index < -0.39 is 17.7 Å². The summed E-state index contributed by atoms with van der Waals surface area (Å²) in [6.45, 7) is 14.4. The van der Waals surface area contributed by atoms with Crippen molar-refractivity contribution in [3.8, 4) is 0 Å². The zero-order chi connectivity index (χ0) is 34.4. The molecule has 7 heteroatoms. The molecular weight excluding hydrogens is 586 g/mol. The highest BCUT2D eigenvalue weighted by Gasteiger charge is 2.36. The molecule has 3 amide bonds. The van der Waals surface area contributed by atoms with E-state index in [-0.39, 0.29) is 41.5 Å². The summed E-state index contributed by atoms with van der Waals surface area (Å²) in [6.07, 6.45) is 8.17. The van der Waals surface area contributed by atoms with Crippen molar-refractivity contribution >= 4 is 17.9 Å². The van der Waals surface area contributed by atoms with Gasteiger partial charge in [-0.15, -0.1) is 0 Å². The first-order valence-electron chi connectivity index (χ1n) is 18.1. The normalized spacial score (nSPS) is 17.3. The fraction of sp³-hybridized carbons (Fsp3) is 0.625. The van der Waals surface area contributed by atoms with Crippen LogP contribution in [0.1, 0.15) is 117 Å². The molecule has 1 fully saturated rings. The summed E-state index contributed by atoms with van der Waals surface area (Å²) in [6, 6.07) is 20.0. The Morgan fingerprint density at radius 3 is 2.04 bits per heavy atom. The average molecular weight is 648 g/mol. The summed E-state index contributed by atoms with van der Waals surface area (Å²) in [5, 5.41) is 9.47. The second kappa shape index (κ2) is 19.0. The number of nitrogens with one attached hydrogen (secondary N) is 3. The van der Waals surface area contributed by atoms with Crippen molar-refractivity contribution in [3.63, 3.8) is 0 Å². The lowest BCUT2D eigenvalue weighted by molar-refractivity contribution is -0.135. The molecule has 260 valence electrons. The molecule has 2 aromatic rings. The number of imide groups is 1. The van der Waals surface area contributed by atoms with Gasteiger partial charge in [0.2, 0.25) is 11.8 Å². The number of benzene rings is 2. The number of hydrogen-bond acceptors (Lipinski definition) is 5. The van der Waals surface area contributed by atoms with Crippen LogP contribution in [0.3, 0.4) is 0 Å². The van der Waals surface area contributed by atoms with Gasteiger partial charge in [-0.25, -0.2) is 4.79 Å². The summed E-state index contributed by atoms with van der Waals surface area (Å²) in [5.74, 6) is -0.276. The van der Waals surface area contributed by atoms with Crippen LogP contribution in [0.5, 0.6) is 0 Å². The molecule has 0 aliphatic heterocycles. The Morgan fingerprint density at radius 2 is 1.47 bits per heavy atom. The van der Waals surface area contributed by atoms with E-state index in [1.165, 1.54) is 30.4 Å². The van der Waals surface area contributed by atoms with E-state index in [1.807, 2.05) is 65.8 Å². The fourth-order valence-electron chi connectivity index (χ4n) is 7.02. The van der Waals surface area contributed by atoms with Gasteiger partial charge in [-0.1, -0.05) is 114 Å². The average Bonchev–Trinajstić information content (AvgIpc) is 3.03. The maximum atomic E-state index is 13.8. The molecular formula is C40H61N3O4. The molecule has 0 aromatic heterocycles. The first-order valence-corrected chi connectivity index (χ1v) is 18.1. The maximum absolute atomic E-state index is 13.8. The third-order valence-electron chi connectivity index (χ3n) is 9.77. The first kappa shape index (κ1) is 38.3. The van der Waals surface area contributed by atoms with Crippen LogP contribution in [-0.4, -0.2) is 42.1 Å². The van der Waals surface area contributed by atoms with Crippen molar-refractivity contribution in [1.82, 2.24) is 16.0 Å². The Kier molecular flexibility index (Phi) is 15.4. The molecule has 47 heavy (non-hydrogen) atoms. The molecule has 3 N–H and O–H groups in total. The third kappa shape index (κ3) is 12.7. The number of rotatable bonds is 16.